The average Bonchev–Trinajstić information content (AvgIpc) is 1.96. The van der Waals surface area contributed by atoms with Gasteiger partial charge in [-0.05, 0) is 31.0 Å². The van der Waals surface area contributed by atoms with Crippen LogP contribution in [0.3, 0.4) is 0 Å². The SMILES string of the molecule is CC(=O)Cc1cc(Cl)ncc1C. The third kappa shape index (κ3) is 2.31. The summed E-state index contributed by atoms with van der Waals surface area (Å²) in [5.41, 5.74) is 1.97. The van der Waals surface area contributed by atoms with Gasteiger partial charge in [0.25, 0.3) is 0 Å². The van der Waals surface area contributed by atoms with Crippen molar-refractivity contribution < 1.29 is 4.79 Å². The molecule has 64 valence electrons. The first-order chi connectivity index (χ1) is 5.59. The third-order valence-electron chi connectivity index (χ3n) is 1.62. The largest absolute Gasteiger partial charge is 0.300 e. The van der Waals surface area contributed by atoms with E-state index < -0.39 is 0 Å². The maximum Gasteiger partial charge on any atom is 0.134 e. The molecule has 3 heteroatoms. The lowest BCUT2D eigenvalue weighted by Gasteiger charge is -2.02. The van der Waals surface area contributed by atoms with E-state index in [0.29, 0.717) is 11.6 Å². The fourth-order valence-electron chi connectivity index (χ4n) is 0.995. The molecule has 0 N–H and O–H groups in total. The molecular weight excluding hydrogens is 174 g/mol. The zero-order chi connectivity index (χ0) is 9.14. The van der Waals surface area contributed by atoms with Crippen LogP contribution >= 0.6 is 11.6 Å². The summed E-state index contributed by atoms with van der Waals surface area (Å²) in [6.07, 6.45) is 2.12. The van der Waals surface area contributed by atoms with Gasteiger partial charge in [0.05, 0.1) is 0 Å². The molecular formula is C9H10ClNO. The standard InChI is InChI=1S/C9H10ClNO/c1-6-5-11-9(10)4-8(6)3-7(2)12/h4-5H,3H2,1-2H3. The predicted molar refractivity (Wildman–Crippen MR) is 48.4 cm³/mol. The Morgan fingerprint density at radius 2 is 2.33 bits per heavy atom. The van der Waals surface area contributed by atoms with E-state index in [4.69, 9.17) is 11.6 Å². The molecule has 1 aromatic heterocycles. The molecule has 12 heavy (non-hydrogen) atoms. The second-order valence-electron chi connectivity index (χ2n) is 2.81. The smallest absolute Gasteiger partial charge is 0.134 e. The number of carbonyl (C=O) groups excluding carboxylic acids is 1. The zero-order valence-corrected chi connectivity index (χ0v) is 7.85. The van der Waals surface area contributed by atoms with Crippen LogP contribution in [0.15, 0.2) is 12.3 Å². The quantitative estimate of drug-likeness (QED) is 0.658. The highest BCUT2D eigenvalue weighted by atomic mass is 35.5. The van der Waals surface area contributed by atoms with Crippen molar-refractivity contribution in [3.05, 3.63) is 28.5 Å². The number of hydrogen-bond donors (Lipinski definition) is 0. The minimum Gasteiger partial charge on any atom is -0.300 e. The lowest BCUT2D eigenvalue weighted by Crippen LogP contribution is -1.99. The number of hydrogen-bond acceptors (Lipinski definition) is 2. The van der Waals surface area contributed by atoms with Gasteiger partial charge in [-0.1, -0.05) is 11.6 Å². The summed E-state index contributed by atoms with van der Waals surface area (Å²) in [4.78, 5) is 14.7. The van der Waals surface area contributed by atoms with E-state index in [9.17, 15) is 4.79 Å². The fourth-order valence-corrected chi connectivity index (χ4v) is 1.18. The minimum absolute atomic E-state index is 0.139. The molecule has 0 atom stereocenters. The van der Waals surface area contributed by atoms with E-state index in [1.54, 1.807) is 19.2 Å². The molecule has 0 bridgehead atoms. The van der Waals surface area contributed by atoms with Crippen LogP contribution in [0.5, 0.6) is 0 Å². The summed E-state index contributed by atoms with van der Waals surface area (Å²) in [6, 6.07) is 1.73. The third-order valence-corrected chi connectivity index (χ3v) is 1.83. The van der Waals surface area contributed by atoms with E-state index in [1.165, 1.54) is 0 Å². The van der Waals surface area contributed by atoms with Gasteiger partial charge in [0, 0.05) is 12.6 Å². The van der Waals surface area contributed by atoms with Crippen LogP contribution in [0.2, 0.25) is 5.15 Å². The molecule has 2 nitrogen and oxygen atoms in total. The molecule has 0 fully saturated rings. The summed E-state index contributed by atoms with van der Waals surface area (Å²) in [5, 5.41) is 0.442. The Morgan fingerprint density at radius 3 is 2.92 bits per heavy atom. The molecule has 0 aliphatic rings. The maximum absolute atomic E-state index is 10.8. The highest BCUT2D eigenvalue weighted by molar-refractivity contribution is 6.29. The zero-order valence-electron chi connectivity index (χ0n) is 7.10. The van der Waals surface area contributed by atoms with Crippen LogP contribution in [0.4, 0.5) is 0 Å². The van der Waals surface area contributed by atoms with Crippen molar-refractivity contribution in [1.82, 2.24) is 4.98 Å². The van der Waals surface area contributed by atoms with E-state index in [1.807, 2.05) is 6.92 Å². The fraction of sp³-hybridized carbons (Fsp3) is 0.333. The first kappa shape index (κ1) is 9.20. The predicted octanol–water partition coefficient (Wildman–Crippen LogP) is 2.17. The molecule has 0 saturated carbocycles. The van der Waals surface area contributed by atoms with E-state index >= 15 is 0 Å². The Hall–Kier alpha value is -0.890. The lowest BCUT2D eigenvalue weighted by atomic mass is 10.1. The van der Waals surface area contributed by atoms with Crippen molar-refractivity contribution in [3.63, 3.8) is 0 Å². The number of ketones is 1. The number of pyridine rings is 1. The van der Waals surface area contributed by atoms with Gasteiger partial charge in [0.15, 0.2) is 0 Å². The van der Waals surface area contributed by atoms with Crippen molar-refractivity contribution in [3.8, 4) is 0 Å². The molecule has 1 aromatic rings. The van der Waals surface area contributed by atoms with Gasteiger partial charge in [0.2, 0.25) is 0 Å². The molecule has 1 heterocycles. The van der Waals surface area contributed by atoms with Gasteiger partial charge >= 0.3 is 0 Å². The lowest BCUT2D eigenvalue weighted by molar-refractivity contribution is -0.116. The number of Topliss-reactive ketones (excluding diaryl/α,β-unsaturated/α-hetero) is 1. The molecule has 0 saturated heterocycles. The Balaban J connectivity index is 2.97. The summed E-state index contributed by atoms with van der Waals surface area (Å²) in [7, 11) is 0. The maximum atomic E-state index is 10.8. The number of carbonyl (C=O) groups is 1. The van der Waals surface area contributed by atoms with Gasteiger partial charge in [0.1, 0.15) is 10.9 Å². The van der Waals surface area contributed by atoms with Crippen LogP contribution in [-0.4, -0.2) is 10.8 Å². The number of aryl methyl sites for hydroxylation is 1. The number of aromatic nitrogens is 1. The summed E-state index contributed by atoms with van der Waals surface area (Å²) in [6.45, 7) is 3.48. The second-order valence-corrected chi connectivity index (χ2v) is 3.20. The topological polar surface area (TPSA) is 30.0 Å². The van der Waals surface area contributed by atoms with Crippen molar-refractivity contribution in [1.29, 1.82) is 0 Å². The van der Waals surface area contributed by atoms with Crippen molar-refractivity contribution >= 4 is 17.4 Å². The first-order valence-electron chi connectivity index (χ1n) is 3.70. The van der Waals surface area contributed by atoms with Gasteiger partial charge in [-0.2, -0.15) is 0 Å². The van der Waals surface area contributed by atoms with E-state index in [0.717, 1.165) is 11.1 Å². The Bertz CT molecular complexity index is 309. The van der Waals surface area contributed by atoms with Crippen molar-refractivity contribution in [2.45, 2.75) is 20.3 Å². The Morgan fingerprint density at radius 1 is 1.67 bits per heavy atom. The normalized spacial score (nSPS) is 9.92. The van der Waals surface area contributed by atoms with Crippen LogP contribution in [0.25, 0.3) is 0 Å². The molecule has 0 spiro atoms. The van der Waals surface area contributed by atoms with Crippen LogP contribution in [0, 0.1) is 6.92 Å². The minimum atomic E-state index is 0.139. The number of halogens is 1. The molecule has 1 rings (SSSR count). The van der Waals surface area contributed by atoms with E-state index in [2.05, 4.69) is 4.98 Å². The van der Waals surface area contributed by atoms with Crippen molar-refractivity contribution in [2.75, 3.05) is 0 Å². The number of nitrogens with zero attached hydrogens (tertiary/aromatic N) is 1. The highest BCUT2D eigenvalue weighted by Gasteiger charge is 2.02. The Labute approximate surface area is 76.6 Å². The van der Waals surface area contributed by atoms with Crippen LogP contribution < -0.4 is 0 Å². The summed E-state index contributed by atoms with van der Waals surface area (Å²) in [5.74, 6) is 0.139. The summed E-state index contributed by atoms with van der Waals surface area (Å²) >= 11 is 5.68. The van der Waals surface area contributed by atoms with Crippen LogP contribution in [-0.2, 0) is 11.2 Å². The van der Waals surface area contributed by atoms with Crippen molar-refractivity contribution in [2.24, 2.45) is 0 Å². The second kappa shape index (κ2) is 3.68. The molecule has 0 aliphatic heterocycles. The summed E-state index contributed by atoms with van der Waals surface area (Å²) < 4.78 is 0. The molecule has 0 aliphatic carbocycles. The molecule has 0 unspecified atom stereocenters. The molecule has 0 radical (unpaired) electrons. The van der Waals surface area contributed by atoms with Gasteiger partial charge in [-0.3, -0.25) is 4.79 Å². The van der Waals surface area contributed by atoms with E-state index in [-0.39, 0.29) is 5.78 Å². The Kier molecular flexibility index (Phi) is 2.82. The van der Waals surface area contributed by atoms with Gasteiger partial charge < -0.3 is 0 Å². The first-order valence-corrected chi connectivity index (χ1v) is 4.08. The highest BCUT2D eigenvalue weighted by Crippen LogP contribution is 2.12. The molecule has 0 aromatic carbocycles. The van der Waals surface area contributed by atoms with Crippen LogP contribution in [0.1, 0.15) is 18.1 Å². The van der Waals surface area contributed by atoms with Gasteiger partial charge in [-0.15, -0.1) is 0 Å². The average molecular weight is 184 g/mol. The number of rotatable bonds is 2. The monoisotopic (exact) mass is 183 g/mol. The molecule has 0 amide bonds. The van der Waals surface area contributed by atoms with Gasteiger partial charge in [-0.25, -0.2) is 4.98 Å².